The Kier molecular flexibility index (Phi) is 8.16. The number of carbonyl (C=O) groups excluding carboxylic acids is 1. The van der Waals surface area contributed by atoms with E-state index in [2.05, 4.69) is 16.8 Å². The molecular formula is C34H30ClN3O5S. The fraction of sp³-hybridized carbons (Fsp3) is 0.206. The molecule has 0 radical (unpaired) electrons. The Hall–Kier alpha value is -4.60. The van der Waals surface area contributed by atoms with Crippen molar-refractivity contribution in [2.75, 3.05) is 20.8 Å². The van der Waals surface area contributed by atoms with E-state index in [1.165, 1.54) is 11.3 Å². The third kappa shape index (κ3) is 5.33. The van der Waals surface area contributed by atoms with Crippen molar-refractivity contribution >= 4 is 45.9 Å². The molecule has 1 aliphatic heterocycles. The number of rotatable bonds is 8. The number of para-hydroxylation sites is 1. The summed E-state index contributed by atoms with van der Waals surface area (Å²) >= 11 is 7.39. The van der Waals surface area contributed by atoms with Crippen LogP contribution in [0.25, 0.3) is 17.0 Å². The highest BCUT2D eigenvalue weighted by molar-refractivity contribution is 7.07. The molecule has 0 saturated heterocycles. The van der Waals surface area contributed by atoms with Gasteiger partial charge in [-0.3, -0.25) is 9.36 Å². The van der Waals surface area contributed by atoms with Crippen molar-refractivity contribution < 1.29 is 19.0 Å². The second kappa shape index (κ2) is 12.2. The van der Waals surface area contributed by atoms with Gasteiger partial charge in [0.15, 0.2) is 16.3 Å². The van der Waals surface area contributed by atoms with Crippen LogP contribution in [0.2, 0.25) is 5.02 Å². The number of benzene rings is 3. The number of methoxy groups -OCH3 is 2. The number of nitrogens with zero attached hydrogens (tertiary/aromatic N) is 3. The van der Waals surface area contributed by atoms with Gasteiger partial charge in [0.2, 0.25) is 0 Å². The van der Waals surface area contributed by atoms with E-state index in [-0.39, 0.29) is 12.2 Å². The molecule has 44 heavy (non-hydrogen) atoms. The van der Waals surface area contributed by atoms with E-state index >= 15 is 0 Å². The highest BCUT2D eigenvalue weighted by Gasteiger charge is 2.34. The number of carbonyl (C=O) groups is 1. The first-order chi connectivity index (χ1) is 21.3. The summed E-state index contributed by atoms with van der Waals surface area (Å²) in [6.07, 6.45) is 3.96. The molecule has 1 aliphatic rings. The number of esters is 1. The van der Waals surface area contributed by atoms with Gasteiger partial charge in [0.25, 0.3) is 5.56 Å². The maximum atomic E-state index is 14.2. The number of thiazole rings is 1. The van der Waals surface area contributed by atoms with Crippen molar-refractivity contribution in [1.82, 2.24) is 9.13 Å². The molecule has 3 aromatic carbocycles. The summed E-state index contributed by atoms with van der Waals surface area (Å²) in [6, 6.07) is 20.5. The average Bonchev–Trinajstić information content (AvgIpc) is 3.53. The summed E-state index contributed by atoms with van der Waals surface area (Å²) in [6.45, 7) is 4.35. The van der Waals surface area contributed by atoms with Crippen LogP contribution in [0.4, 0.5) is 0 Å². The van der Waals surface area contributed by atoms with Gasteiger partial charge >= 0.3 is 5.97 Å². The number of hydrogen-bond acceptors (Lipinski definition) is 7. The van der Waals surface area contributed by atoms with Gasteiger partial charge in [-0.25, -0.2) is 9.79 Å². The molecule has 0 amide bonds. The lowest BCUT2D eigenvalue weighted by Gasteiger charge is -2.25. The predicted molar refractivity (Wildman–Crippen MR) is 172 cm³/mol. The molecule has 10 heteroatoms. The van der Waals surface area contributed by atoms with Crippen LogP contribution in [0.15, 0.2) is 94.0 Å². The molecule has 0 saturated carbocycles. The van der Waals surface area contributed by atoms with Gasteiger partial charge in [-0.15, -0.1) is 0 Å². The van der Waals surface area contributed by atoms with Crippen LogP contribution in [-0.4, -0.2) is 35.9 Å². The van der Waals surface area contributed by atoms with E-state index in [1.54, 1.807) is 44.8 Å². The number of halogens is 1. The van der Waals surface area contributed by atoms with Gasteiger partial charge < -0.3 is 18.8 Å². The van der Waals surface area contributed by atoms with Gasteiger partial charge in [0.1, 0.15) is 0 Å². The van der Waals surface area contributed by atoms with Gasteiger partial charge in [-0.1, -0.05) is 59.3 Å². The molecule has 8 nitrogen and oxygen atoms in total. The van der Waals surface area contributed by atoms with Crippen LogP contribution in [0.5, 0.6) is 11.5 Å². The average molecular weight is 628 g/mol. The van der Waals surface area contributed by atoms with Crippen LogP contribution < -0.4 is 24.4 Å². The Morgan fingerprint density at radius 3 is 2.52 bits per heavy atom. The van der Waals surface area contributed by atoms with Crippen LogP contribution in [-0.2, 0) is 16.1 Å². The van der Waals surface area contributed by atoms with E-state index < -0.39 is 12.0 Å². The van der Waals surface area contributed by atoms with Crippen LogP contribution in [0.1, 0.15) is 36.6 Å². The van der Waals surface area contributed by atoms with E-state index in [9.17, 15) is 9.59 Å². The maximum absolute atomic E-state index is 14.2. The molecule has 0 fully saturated rings. The Bertz CT molecular complexity index is 2110. The van der Waals surface area contributed by atoms with E-state index in [0.29, 0.717) is 49.2 Å². The van der Waals surface area contributed by atoms with Crippen LogP contribution >= 0.6 is 22.9 Å². The largest absolute Gasteiger partial charge is 0.493 e. The molecule has 1 atom stereocenters. The number of ether oxygens (including phenoxy) is 3. The number of aromatic nitrogens is 2. The first kappa shape index (κ1) is 29.5. The Balaban J connectivity index is 1.52. The van der Waals surface area contributed by atoms with E-state index in [0.717, 1.165) is 22.0 Å². The lowest BCUT2D eigenvalue weighted by molar-refractivity contribution is -0.139. The molecule has 0 N–H and O–H groups in total. The summed E-state index contributed by atoms with van der Waals surface area (Å²) in [5, 5.41) is 1.71. The highest BCUT2D eigenvalue weighted by Crippen LogP contribution is 2.36. The van der Waals surface area contributed by atoms with E-state index in [4.69, 9.17) is 30.8 Å². The third-order valence-electron chi connectivity index (χ3n) is 7.61. The Morgan fingerprint density at radius 2 is 1.80 bits per heavy atom. The minimum atomic E-state index is -0.765. The quantitative estimate of drug-likeness (QED) is 0.213. The topological polar surface area (TPSA) is 84.1 Å². The molecule has 0 spiro atoms. The molecule has 3 heterocycles. The fourth-order valence-corrected chi connectivity index (χ4v) is 6.74. The van der Waals surface area contributed by atoms with Crippen molar-refractivity contribution in [3.8, 4) is 11.5 Å². The Labute approximate surface area is 262 Å². The summed E-state index contributed by atoms with van der Waals surface area (Å²) in [4.78, 5) is 32.7. The minimum Gasteiger partial charge on any atom is -0.493 e. The van der Waals surface area contributed by atoms with Crippen LogP contribution in [0.3, 0.4) is 0 Å². The van der Waals surface area contributed by atoms with Crippen molar-refractivity contribution in [1.29, 1.82) is 0 Å². The summed E-state index contributed by atoms with van der Waals surface area (Å²) < 4.78 is 20.6. The molecule has 0 bridgehead atoms. The van der Waals surface area contributed by atoms with Gasteiger partial charge in [-0.05, 0) is 61.4 Å². The third-order valence-corrected chi connectivity index (χ3v) is 8.85. The molecule has 0 unspecified atom stereocenters. The minimum absolute atomic E-state index is 0.193. The lowest BCUT2D eigenvalue weighted by atomic mass is 9.95. The first-order valence-corrected chi connectivity index (χ1v) is 15.3. The zero-order chi connectivity index (χ0) is 31.0. The maximum Gasteiger partial charge on any atom is 0.338 e. The summed E-state index contributed by atoms with van der Waals surface area (Å²) in [7, 11) is 3.10. The molecule has 5 aromatic rings. The van der Waals surface area contributed by atoms with Gasteiger partial charge in [0.05, 0.1) is 42.7 Å². The second-order valence-corrected chi connectivity index (χ2v) is 11.7. The molecular weight excluding hydrogens is 598 g/mol. The molecule has 6 rings (SSSR count). The van der Waals surface area contributed by atoms with Crippen molar-refractivity contribution in [3.63, 3.8) is 0 Å². The normalized spacial score (nSPS) is 14.8. The van der Waals surface area contributed by atoms with Gasteiger partial charge in [0, 0.05) is 34.2 Å². The van der Waals surface area contributed by atoms with Crippen molar-refractivity contribution in [3.05, 3.63) is 126 Å². The van der Waals surface area contributed by atoms with Crippen molar-refractivity contribution in [2.45, 2.75) is 26.4 Å². The summed E-state index contributed by atoms with van der Waals surface area (Å²) in [5.41, 5.74) is 4.28. The number of hydrogen-bond donors (Lipinski definition) is 0. The van der Waals surface area contributed by atoms with E-state index in [1.807, 2.05) is 54.6 Å². The first-order valence-electron chi connectivity index (χ1n) is 14.1. The van der Waals surface area contributed by atoms with Crippen LogP contribution in [0, 0.1) is 0 Å². The highest BCUT2D eigenvalue weighted by atomic mass is 35.5. The zero-order valence-electron chi connectivity index (χ0n) is 24.7. The monoisotopic (exact) mass is 627 g/mol. The standard InChI is InChI=1S/C34H30ClN3O5S/c1-5-43-33(40)30-20(2)36-34-38(31(30)22-12-15-27(41-3)28(16-22)42-4)32(39)29(44-34)17-23-19-37(26-9-7-6-8-25(23)26)18-21-10-13-24(35)14-11-21/h6-17,19,31H,5,18H2,1-4H3/b29-17-/t31-/m1/s1. The molecule has 224 valence electrons. The van der Waals surface area contributed by atoms with Gasteiger partial charge in [-0.2, -0.15) is 0 Å². The molecule has 0 aliphatic carbocycles. The fourth-order valence-electron chi connectivity index (χ4n) is 5.58. The van der Waals surface area contributed by atoms with Crippen molar-refractivity contribution in [2.24, 2.45) is 4.99 Å². The summed E-state index contributed by atoms with van der Waals surface area (Å²) in [5.74, 6) is 0.503. The SMILES string of the molecule is CCOC(=O)C1=C(C)N=c2s/c(=C\c3cn(Cc4ccc(Cl)cc4)c4ccccc34)c(=O)n2[C@@H]1c1ccc(OC)c(OC)c1. The predicted octanol–water partition coefficient (Wildman–Crippen LogP) is 5.47. The lowest BCUT2D eigenvalue weighted by Crippen LogP contribution is -2.39. The zero-order valence-corrected chi connectivity index (χ0v) is 26.2. The smallest absolute Gasteiger partial charge is 0.338 e. The Morgan fingerprint density at radius 1 is 1.05 bits per heavy atom. The number of fused-ring (bicyclic) bond motifs is 2. The molecule has 2 aromatic heterocycles. The number of allylic oxidation sites excluding steroid dienone is 1. The second-order valence-electron chi connectivity index (χ2n) is 10.3.